The highest BCUT2D eigenvalue weighted by molar-refractivity contribution is 7.47. The van der Waals surface area contributed by atoms with Crippen molar-refractivity contribution in [2.75, 3.05) is 39.6 Å². The molecule has 0 aliphatic heterocycles. The minimum atomic E-state index is -4.96. The Morgan fingerprint density at radius 3 is 0.745 bits per heavy atom. The van der Waals surface area contributed by atoms with Crippen LogP contribution in [0.2, 0.25) is 0 Å². The summed E-state index contributed by atoms with van der Waals surface area (Å²) in [4.78, 5) is 73.1. The molecule has 6 atom stereocenters. The van der Waals surface area contributed by atoms with Crippen molar-refractivity contribution in [3.05, 3.63) is 0 Å². The van der Waals surface area contributed by atoms with Crippen molar-refractivity contribution in [1.82, 2.24) is 0 Å². The maximum atomic E-state index is 13.1. The topological polar surface area (TPSA) is 237 Å². The first kappa shape index (κ1) is 100. The summed E-state index contributed by atoms with van der Waals surface area (Å²) in [5.74, 6) is -0.537. The van der Waals surface area contributed by atoms with Crippen LogP contribution in [0.25, 0.3) is 0 Å². The summed E-state index contributed by atoms with van der Waals surface area (Å²) >= 11 is 0. The van der Waals surface area contributed by atoms with E-state index in [-0.39, 0.29) is 25.7 Å². The fourth-order valence-corrected chi connectivity index (χ4v) is 14.4. The Hall–Kier alpha value is -1.94. The van der Waals surface area contributed by atoms with Gasteiger partial charge in [-0.25, -0.2) is 9.13 Å². The smallest absolute Gasteiger partial charge is 0.462 e. The molecular weight excluding hydrogens is 1330 g/mol. The standard InChI is InChI=1S/C83H162O17P2/c1-7-10-12-14-16-18-20-22-23-24-25-26-27-28-29-33-38-42-50-56-62-68-83(88)99-78(71-93-80(85)65-59-53-47-40-36-34-30-32-35-39-45-51-57-63-75(4)5)73-97-101(89,90)95-69-77(84)70-96-102(91,92)98-74-79(72-94-81(86)66-60-54-48-44-43-46-52-58-64-76(6)9-3)100-82(87)67-61-55-49-41-37-31-21-19-17-15-13-11-8-2/h75-79,84H,7-74H2,1-6H3,(H,89,90)(H,91,92)/t76?,77-,78-,79-/m1/s1. The first-order chi connectivity index (χ1) is 49.4. The number of phosphoric ester groups is 2. The van der Waals surface area contributed by atoms with Gasteiger partial charge in [-0.15, -0.1) is 0 Å². The molecule has 0 aliphatic carbocycles. The molecule has 3 N–H and O–H groups in total. The Morgan fingerprint density at radius 1 is 0.284 bits per heavy atom. The van der Waals surface area contributed by atoms with Crippen LogP contribution < -0.4 is 0 Å². The van der Waals surface area contributed by atoms with Crippen LogP contribution in [-0.4, -0.2) is 96.7 Å². The molecule has 0 aromatic carbocycles. The predicted octanol–water partition coefficient (Wildman–Crippen LogP) is 25.1. The van der Waals surface area contributed by atoms with E-state index >= 15 is 0 Å². The van der Waals surface area contributed by atoms with Crippen LogP contribution in [0.3, 0.4) is 0 Å². The van der Waals surface area contributed by atoms with Crippen molar-refractivity contribution in [3.63, 3.8) is 0 Å². The minimum absolute atomic E-state index is 0.107. The van der Waals surface area contributed by atoms with E-state index in [1.165, 1.54) is 257 Å². The average molecular weight is 1490 g/mol. The van der Waals surface area contributed by atoms with Crippen LogP contribution in [0.1, 0.15) is 440 Å². The number of ether oxygens (including phenoxy) is 4. The van der Waals surface area contributed by atoms with Crippen molar-refractivity contribution in [3.8, 4) is 0 Å². The molecule has 0 aromatic rings. The molecule has 0 aromatic heterocycles. The first-order valence-corrected chi connectivity index (χ1v) is 46.0. The van der Waals surface area contributed by atoms with Crippen molar-refractivity contribution >= 4 is 39.5 Å². The Bertz CT molecular complexity index is 1960. The van der Waals surface area contributed by atoms with Crippen LogP contribution in [0.4, 0.5) is 0 Å². The number of unbranched alkanes of at least 4 members (excludes halogenated alkanes) is 51. The summed E-state index contributed by atoms with van der Waals surface area (Å²) in [6.07, 6.45) is 65.2. The van der Waals surface area contributed by atoms with Gasteiger partial charge in [-0.2, -0.15) is 0 Å². The molecule has 0 spiro atoms. The summed E-state index contributed by atoms with van der Waals surface area (Å²) < 4.78 is 68.8. The van der Waals surface area contributed by atoms with E-state index in [1.54, 1.807) is 0 Å². The van der Waals surface area contributed by atoms with Crippen LogP contribution in [0.5, 0.6) is 0 Å². The van der Waals surface area contributed by atoms with Gasteiger partial charge in [0.25, 0.3) is 0 Å². The van der Waals surface area contributed by atoms with Crippen LogP contribution in [0.15, 0.2) is 0 Å². The third kappa shape index (κ3) is 74.9. The number of hydrogen-bond acceptors (Lipinski definition) is 15. The van der Waals surface area contributed by atoms with E-state index in [1.807, 2.05) is 0 Å². The zero-order chi connectivity index (χ0) is 74.9. The number of carbonyl (C=O) groups excluding carboxylic acids is 4. The number of hydrogen-bond donors (Lipinski definition) is 3. The highest BCUT2D eigenvalue weighted by Gasteiger charge is 2.30. The fourth-order valence-electron chi connectivity index (χ4n) is 12.9. The van der Waals surface area contributed by atoms with Gasteiger partial charge in [0.2, 0.25) is 0 Å². The summed E-state index contributed by atoms with van der Waals surface area (Å²) in [6, 6.07) is 0. The molecule has 0 radical (unpaired) electrons. The van der Waals surface area contributed by atoms with E-state index in [4.69, 9.17) is 37.0 Å². The van der Waals surface area contributed by atoms with Gasteiger partial charge in [-0.05, 0) is 37.5 Å². The molecule has 19 heteroatoms. The van der Waals surface area contributed by atoms with Crippen molar-refractivity contribution < 1.29 is 80.2 Å². The molecule has 606 valence electrons. The number of phosphoric acid groups is 2. The van der Waals surface area contributed by atoms with Crippen LogP contribution in [-0.2, 0) is 65.4 Å². The van der Waals surface area contributed by atoms with Gasteiger partial charge in [0.15, 0.2) is 12.2 Å². The predicted molar refractivity (Wildman–Crippen MR) is 418 cm³/mol. The van der Waals surface area contributed by atoms with Crippen molar-refractivity contribution in [2.24, 2.45) is 11.8 Å². The molecule has 0 rings (SSSR count). The number of aliphatic hydroxyl groups excluding tert-OH is 1. The van der Waals surface area contributed by atoms with E-state index < -0.39 is 97.5 Å². The third-order valence-corrected chi connectivity index (χ3v) is 21.7. The van der Waals surface area contributed by atoms with E-state index in [0.717, 1.165) is 102 Å². The minimum Gasteiger partial charge on any atom is -0.462 e. The molecule has 0 saturated carbocycles. The molecule has 0 bridgehead atoms. The molecule has 3 unspecified atom stereocenters. The Kier molecular flexibility index (Phi) is 73.1. The van der Waals surface area contributed by atoms with Gasteiger partial charge in [-0.3, -0.25) is 37.3 Å². The molecule has 0 saturated heterocycles. The second-order valence-electron chi connectivity index (χ2n) is 30.6. The van der Waals surface area contributed by atoms with Crippen molar-refractivity contribution in [1.29, 1.82) is 0 Å². The van der Waals surface area contributed by atoms with E-state index in [0.29, 0.717) is 25.7 Å². The molecule has 0 heterocycles. The Balaban J connectivity index is 5.24. The van der Waals surface area contributed by atoms with Gasteiger partial charge in [0.1, 0.15) is 19.3 Å². The normalized spacial score (nSPS) is 14.1. The fraction of sp³-hybridized carbons (Fsp3) is 0.952. The SMILES string of the molecule is CCCCCCCCCCCCCCCCCCCCCCCC(=O)O[C@H](COC(=O)CCCCCCCCCCCCCCCC(C)C)COP(=O)(O)OC[C@@H](O)COP(=O)(O)OC[C@@H](COC(=O)CCCCCCCCCCC(C)CC)OC(=O)CCCCCCCCCCCCCCC. The second kappa shape index (κ2) is 74.5. The van der Waals surface area contributed by atoms with Gasteiger partial charge in [-0.1, -0.05) is 388 Å². The maximum Gasteiger partial charge on any atom is 0.472 e. The first-order valence-electron chi connectivity index (χ1n) is 43.0. The van der Waals surface area contributed by atoms with E-state index in [2.05, 4.69) is 41.5 Å². The monoisotopic (exact) mass is 1490 g/mol. The number of aliphatic hydroxyl groups is 1. The quantitative estimate of drug-likeness (QED) is 0.0222. The summed E-state index contributed by atoms with van der Waals surface area (Å²) in [5.41, 5.74) is 0. The highest BCUT2D eigenvalue weighted by Crippen LogP contribution is 2.45. The number of esters is 4. The maximum absolute atomic E-state index is 13.1. The Morgan fingerprint density at radius 2 is 0.500 bits per heavy atom. The van der Waals surface area contributed by atoms with Gasteiger partial charge < -0.3 is 33.8 Å². The van der Waals surface area contributed by atoms with Gasteiger partial charge in [0, 0.05) is 25.7 Å². The van der Waals surface area contributed by atoms with Crippen LogP contribution in [0, 0.1) is 11.8 Å². The third-order valence-electron chi connectivity index (χ3n) is 19.8. The van der Waals surface area contributed by atoms with Gasteiger partial charge in [0.05, 0.1) is 26.4 Å². The summed E-state index contributed by atoms with van der Waals surface area (Å²) in [5, 5.41) is 10.7. The Labute approximate surface area is 626 Å². The highest BCUT2D eigenvalue weighted by atomic mass is 31.2. The lowest BCUT2D eigenvalue weighted by atomic mass is 9.99. The number of rotatable bonds is 82. The zero-order valence-electron chi connectivity index (χ0n) is 66.9. The molecule has 17 nitrogen and oxygen atoms in total. The lowest BCUT2D eigenvalue weighted by Gasteiger charge is -2.21. The zero-order valence-corrected chi connectivity index (χ0v) is 68.7. The molecule has 0 aliphatic rings. The summed E-state index contributed by atoms with van der Waals surface area (Å²) in [6.45, 7) is 9.67. The van der Waals surface area contributed by atoms with Crippen LogP contribution >= 0.6 is 15.6 Å². The lowest BCUT2D eigenvalue weighted by molar-refractivity contribution is -0.161. The molecule has 102 heavy (non-hydrogen) atoms. The second-order valence-corrected chi connectivity index (χ2v) is 33.5. The number of carbonyl (C=O) groups is 4. The van der Waals surface area contributed by atoms with Crippen molar-refractivity contribution in [2.45, 2.75) is 458 Å². The molecule has 0 amide bonds. The van der Waals surface area contributed by atoms with E-state index in [9.17, 15) is 43.2 Å². The largest absolute Gasteiger partial charge is 0.472 e. The molecule has 0 fully saturated rings. The molecular formula is C83H162O17P2. The lowest BCUT2D eigenvalue weighted by Crippen LogP contribution is -2.30. The van der Waals surface area contributed by atoms with Gasteiger partial charge >= 0.3 is 39.5 Å². The summed E-state index contributed by atoms with van der Waals surface area (Å²) in [7, 11) is -9.92. The average Bonchev–Trinajstić information content (AvgIpc) is 1.00.